The van der Waals surface area contributed by atoms with Crippen molar-refractivity contribution in [1.29, 1.82) is 0 Å². The van der Waals surface area contributed by atoms with Gasteiger partial charge in [-0.05, 0) is 38.1 Å². The Morgan fingerprint density at radius 2 is 2.12 bits per heavy atom. The lowest BCUT2D eigenvalue weighted by molar-refractivity contribution is 0.316. The molecule has 0 aliphatic carbocycles. The van der Waals surface area contributed by atoms with E-state index in [1.807, 2.05) is 38.1 Å². The average molecular weight is 223 g/mol. The number of rotatable bonds is 5. The molecule has 1 aromatic rings. The molecular formula is C11H17N3O2. The highest BCUT2D eigenvalue weighted by Crippen LogP contribution is 2.16. The van der Waals surface area contributed by atoms with Gasteiger partial charge in [-0.3, -0.25) is 0 Å². The number of anilines is 1. The standard InChI is InChI=1S/C11H17N3O2/c1-3-16-10-6-4-9(5-7-10)13-8(2)11(12)14-15/h4-8,13,15H,3H2,1-2H3,(H2,12,14). The average Bonchev–Trinajstić information content (AvgIpc) is 2.31. The van der Waals surface area contributed by atoms with Gasteiger partial charge in [0.1, 0.15) is 5.75 Å². The van der Waals surface area contributed by atoms with E-state index >= 15 is 0 Å². The summed E-state index contributed by atoms with van der Waals surface area (Å²) >= 11 is 0. The number of nitrogens with two attached hydrogens (primary N) is 1. The van der Waals surface area contributed by atoms with Gasteiger partial charge in [-0.15, -0.1) is 0 Å². The first kappa shape index (κ1) is 12.2. The molecule has 0 aliphatic rings. The van der Waals surface area contributed by atoms with Crippen LogP contribution in [0.5, 0.6) is 5.75 Å². The van der Waals surface area contributed by atoms with Gasteiger partial charge >= 0.3 is 0 Å². The minimum Gasteiger partial charge on any atom is -0.494 e. The van der Waals surface area contributed by atoms with Gasteiger partial charge in [0.2, 0.25) is 0 Å². The van der Waals surface area contributed by atoms with Crippen LogP contribution >= 0.6 is 0 Å². The Labute approximate surface area is 94.9 Å². The Bertz CT molecular complexity index is 349. The fraction of sp³-hybridized carbons (Fsp3) is 0.364. The molecule has 1 unspecified atom stereocenters. The molecule has 0 fully saturated rings. The van der Waals surface area contributed by atoms with E-state index in [4.69, 9.17) is 15.7 Å². The SMILES string of the molecule is CCOc1ccc(NC(C)C(N)=NO)cc1. The van der Waals surface area contributed by atoms with Crippen molar-refractivity contribution in [3.63, 3.8) is 0 Å². The van der Waals surface area contributed by atoms with Crippen molar-refractivity contribution in [3.05, 3.63) is 24.3 Å². The Kier molecular flexibility index (Phi) is 4.44. The van der Waals surface area contributed by atoms with Gasteiger partial charge < -0.3 is 21.0 Å². The van der Waals surface area contributed by atoms with Gasteiger partial charge in [0.25, 0.3) is 0 Å². The molecule has 5 nitrogen and oxygen atoms in total. The van der Waals surface area contributed by atoms with Gasteiger partial charge in [0, 0.05) is 5.69 Å². The summed E-state index contributed by atoms with van der Waals surface area (Å²) in [5.41, 5.74) is 6.35. The third-order valence-electron chi connectivity index (χ3n) is 2.11. The Balaban J connectivity index is 2.61. The topological polar surface area (TPSA) is 79.9 Å². The molecule has 16 heavy (non-hydrogen) atoms. The number of oxime groups is 1. The smallest absolute Gasteiger partial charge is 0.161 e. The number of hydrogen-bond acceptors (Lipinski definition) is 4. The summed E-state index contributed by atoms with van der Waals surface area (Å²) in [7, 11) is 0. The minimum atomic E-state index is -0.219. The summed E-state index contributed by atoms with van der Waals surface area (Å²) in [5, 5.41) is 14.5. The minimum absolute atomic E-state index is 0.147. The molecule has 0 amide bonds. The van der Waals surface area contributed by atoms with Crippen molar-refractivity contribution in [2.75, 3.05) is 11.9 Å². The molecule has 1 aromatic carbocycles. The summed E-state index contributed by atoms with van der Waals surface area (Å²) in [6, 6.07) is 7.27. The predicted molar refractivity (Wildman–Crippen MR) is 64.1 cm³/mol. The highest BCUT2D eigenvalue weighted by atomic mass is 16.5. The maximum atomic E-state index is 8.50. The highest BCUT2D eigenvalue weighted by Gasteiger charge is 2.06. The van der Waals surface area contributed by atoms with E-state index in [9.17, 15) is 0 Å². The first-order valence-corrected chi connectivity index (χ1v) is 5.14. The van der Waals surface area contributed by atoms with Crippen molar-refractivity contribution in [3.8, 4) is 5.75 Å². The molecule has 4 N–H and O–H groups in total. The van der Waals surface area contributed by atoms with Crippen molar-refractivity contribution in [2.24, 2.45) is 10.9 Å². The van der Waals surface area contributed by atoms with Crippen molar-refractivity contribution < 1.29 is 9.94 Å². The van der Waals surface area contributed by atoms with Gasteiger partial charge in [0.05, 0.1) is 12.6 Å². The fourth-order valence-electron chi connectivity index (χ4n) is 1.22. The van der Waals surface area contributed by atoms with Gasteiger partial charge in [-0.2, -0.15) is 0 Å². The number of ether oxygens (including phenoxy) is 1. The van der Waals surface area contributed by atoms with Crippen LogP contribution in [0.2, 0.25) is 0 Å². The molecule has 0 bridgehead atoms. The van der Waals surface area contributed by atoms with E-state index in [1.165, 1.54) is 0 Å². The molecule has 0 aliphatic heterocycles. The van der Waals surface area contributed by atoms with E-state index < -0.39 is 0 Å². The third kappa shape index (κ3) is 3.34. The van der Waals surface area contributed by atoms with Gasteiger partial charge in [-0.25, -0.2) is 0 Å². The second-order valence-electron chi connectivity index (χ2n) is 3.35. The molecule has 0 heterocycles. The maximum absolute atomic E-state index is 8.50. The number of hydrogen-bond donors (Lipinski definition) is 3. The molecule has 1 rings (SSSR count). The molecule has 0 spiro atoms. The van der Waals surface area contributed by atoms with E-state index in [-0.39, 0.29) is 11.9 Å². The lowest BCUT2D eigenvalue weighted by atomic mass is 10.2. The molecule has 5 heteroatoms. The number of amidine groups is 1. The highest BCUT2D eigenvalue weighted by molar-refractivity contribution is 5.87. The van der Waals surface area contributed by atoms with Crippen LogP contribution in [-0.2, 0) is 0 Å². The fourth-order valence-corrected chi connectivity index (χ4v) is 1.22. The van der Waals surface area contributed by atoms with Crippen LogP contribution in [0, 0.1) is 0 Å². The van der Waals surface area contributed by atoms with Gasteiger partial charge in [-0.1, -0.05) is 5.16 Å². The first-order chi connectivity index (χ1) is 7.67. The zero-order valence-electron chi connectivity index (χ0n) is 9.47. The van der Waals surface area contributed by atoms with Crippen LogP contribution in [0.3, 0.4) is 0 Å². The molecule has 0 aromatic heterocycles. The Morgan fingerprint density at radius 1 is 1.50 bits per heavy atom. The normalized spacial score (nSPS) is 13.2. The van der Waals surface area contributed by atoms with Crippen LogP contribution in [0.25, 0.3) is 0 Å². The Morgan fingerprint density at radius 3 is 2.62 bits per heavy atom. The van der Waals surface area contributed by atoms with E-state index in [0.29, 0.717) is 6.61 Å². The number of nitrogens with zero attached hydrogens (tertiary/aromatic N) is 1. The number of benzene rings is 1. The van der Waals surface area contributed by atoms with Crippen molar-refractivity contribution >= 4 is 11.5 Å². The van der Waals surface area contributed by atoms with Crippen LogP contribution in [0.4, 0.5) is 5.69 Å². The van der Waals surface area contributed by atoms with E-state index in [2.05, 4.69) is 10.5 Å². The third-order valence-corrected chi connectivity index (χ3v) is 2.11. The number of nitrogens with one attached hydrogen (secondary N) is 1. The summed E-state index contributed by atoms with van der Waals surface area (Å²) in [6.45, 7) is 4.39. The van der Waals surface area contributed by atoms with Crippen LogP contribution in [0.1, 0.15) is 13.8 Å². The van der Waals surface area contributed by atoms with Crippen LogP contribution in [-0.4, -0.2) is 23.7 Å². The lowest BCUT2D eigenvalue weighted by Gasteiger charge is -2.13. The van der Waals surface area contributed by atoms with Gasteiger partial charge in [0.15, 0.2) is 5.84 Å². The zero-order chi connectivity index (χ0) is 12.0. The predicted octanol–water partition coefficient (Wildman–Crippen LogP) is 1.63. The molecule has 1 atom stereocenters. The van der Waals surface area contributed by atoms with Crippen molar-refractivity contribution in [1.82, 2.24) is 0 Å². The lowest BCUT2D eigenvalue weighted by Crippen LogP contribution is -2.32. The molecule has 0 saturated heterocycles. The molecule has 0 radical (unpaired) electrons. The summed E-state index contributed by atoms with van der Waals surface area (Å²) in [5.74, 6) is 0.971. The van der Waals surface area contributed by atoms with Crippen LogP contribution < -0.4 is 15.8 Å². The summed E-state index contributed by atoms with van der Waals surface area (Å²) in [4.78, 5) is 0. The van der Waals surface area contributed by atoms with Crippen LogP contribution in [0.15, 0.2) is 29.4 Å². The maximum Gasteiger partial charge on any atom is 0.161 e. The zero-order valence-corrected chi connectivity index (χ0v) is 9.47. The molecule has 88 valence electrons. The quantitative estimate of drug-likeness (QED) is 0.307. The molecule has 0 saturated carbocycles. The summed E-state index contributed by atoms with van der Waals surface area (Å²) < 4.78 is 5.32. The molecular weight excluding hydrogens is 206 g/mol. The summed E-state index contributed by atoms with van der Waals surface area (Å²) in [6.07, 6.45) is 0. The first-order valence-electron chi connectivity index (χ1n) is 5.14. The second kappa shape index (κ2) is 5.85. The van der Waals surface area contributed by atoms with E-state index in [0.717, 1.165) is 11.4 Å². The second-order valence-corrected chi connectivity index (χ2v) is 3.35. The Hall–Kier alpha value is -1.91. The van der Waals surface area contributed by atoms with Crippen molar-refractivity contribution in [2.45, 2.75) is 19.9 Å². The largest absolute Gasteiger partial charge is 0.494 e. The monoisotopic (exact) mass is 223 g/mol. The van der Waals surface area contributed by atoms with E-state index in [1.54, 1.807) is 0 Å².